The van der Waals surface area contributed by atoms with Crippen LogP contribution in [0.25, 0.3) is 11.1 Å². The second kappa shape index (κ2) is 7.17. The molecule has 0 fully saturated rings. The van der Waals surface area contributed by atoms with Crippen LogP contribution in [0.1, 0.15) is 10.4 Å². The van der Waals surface area contributed by atoms with Gasteiger partial charge in [-0.15, -0.1) is 0 Å². The number of phenols is 2. The summed E-state index contributed by atoms with van der Waals surface area (Å²) in [5.41, 5.74) is 2.56. The molecule has 3 aromatic carbocycles. The van der Waals surface area contributed by atoms with Crippen molar-refractivity contribution in [1.29, 1.82) is 0 Å². The number of rotatable bonds is 3. The molecule has 0 bridgehead atoms. The van der Waals surface area contributed by atoms with Crippen molar-refractivity contribution in [2.45, 2.75) is 0 Å². The van der Waals surface area contributed by atoms with E-state index in [0.717, 1.165) is 11.1 Å². The number of nitrogens with one attached hydrogen (secondary N) is 1. The number of aromatic hydroxyl groups is 2. The molecule has 0 aliphatic carbocycles. The first kappa shape index (κ1) is 17.3. The number of amides is 1. The van der Waals surface area contributed by atoms with Crippen LogP contribution >= 0.6 is 27.5 Å². The standard InChI is InChI=1S/C19H13BrClNO3/c20-15-10-18(24)17(23)9-14(15)11-5-7-12(8-6-11)22-19(25)13-3-1-2-4-16(13)21/h1-10,23-24H,(H,22,25). The molecule has 3 aromatic rings. The minimum atomic E-state index is -0.290. The number of carbonyl (C=O) groups is 1. The Hall–Kier alpha value is -2.50. The fourth-order valence-corrected chi connectivity index (χ4v) is 3.13. The van der Waals surface area contributed by atoms with E-state index in [1.807, 2.05) is 0 Å². The van der Waals surface area contributed by atoms with Crippen molar-refractivity contribution >= 4 is 39.1 Å². The topological polar surface area (TPSA) is 69.6 Å². The van der Waals surface area contributed by atoms with E-state index in [4.69, 9.17) is 11.6 Å². The van der Waals surface area contributed by atoms with Gasteiger partial charge in [-0.25, -0.2) is 0 Å². The van der Waals surface area contributed by atoms with Crippen molar-refractivity contribution in [3.8, 4) is 22.6 Å². The van der Waals surface area contributed by atoms with Gasteiger partial charge in [0, 0.05) is 10.2 Å². The number of hydrogen-bond acceptors (Lipinski definition) is 3. The lowest BCUT2D eigenvalue weighted by Gasteiger charge is -2.10. The zero-order chi connectivity index (χ0) is 18.0. The van der Waals surface area contributed by atoms with Gasteiger partial charge in [0.25, 0.3) is 5.91 Å². The Labute approximate surface area is 157 Å². The van der Waals surface area contributed by atoms with Crippen LogP contribution in [0.2, 0.25) is 5.02 Å². The molecule has 0 atom stereocenters. The van der Waals surface area contributed by atoms with Gasteiger partial charge in [-0.3, -0.25) is 4.79 Å². The first-order valence-corrected chi connectivity index (χ1v) is 8.50. The quantitative estimate of drug-likeness (QED) is 0.497. The van der Waals surface area contributed by atoms with Gasteiger partial charge < -0.3 is 15.5 Å². The summed E-state index contributed by atoms with van der Waals surface area (Å²) in [4.78, 5) is 12.3. The molecule has 0 aliphatic heterocycles. The zero-order valence-corrected chi connectivity index (χ0v) is 15.2. The van der Waals surface area contributed by atoms with Crippen molar-refractivity contribution in [1.82, 2.24) is 0 Å². The van der Waals surface area contributed by atoms with Crippen LogP contribution in [0.5, 0.6) is 11.5 Å². The van der Waals surface area contributed by atoms with Crippen LogP contribution in [0, 0.1) is 0 Å². The lowest BCUT2D eigenvalue weighted by atomic mass is 10.0. The molecule has 0 saturated heterocycles. The summed E-state index contributed by atoms with van der Waals surface area (Å²) in [5, 5.41) is 22.4. The number of phenolic OH excluding ortho intramolecular Hbond substituents is 2. The average molecular weight is 419 g/mol. The fraction of sp³-hybridized carbons (Fsp3) is 0. The van der Waals surface area contributed by atoms with Crippen LogP contribution in [-0.2, 0) is 0 Å². The molecule has 4 nitrogen and oxygen atoms in total. The van der Waals surface area contributed by atoms with Gasteiger partial charge in [-0.2, -0.15) is 0 Å². The van der Waals surface area contributed by atoms with E-state index < -0.39 is 0 Å². The predicted molar refractivity (Wildman–Crippen MR) is 102 cm³/mol. The third-order valence-electron chi connectivity index (χ3n) is 3.64. The lowest BCUT2D eigenvalue weighted by Crippen LogP contribution is -2.12. The van der Waals surface area contributed by atoms with Crippen LogP contribution in [0.3, 0.4) is 0 Å². The molecule has 126 valence electrons. The fourth-order valence-electron chi connectivity index (χ4n) is 2.35. The van der Waals surface area contributed by atoms with Gasteiger partial charge in [-0.05, 0) is 47.5 Å². The molecule has 0 aromatic heterocycles. The third kappa shape index (κ3) is 3.78. The van der Waals surface area contributed by atoms with E-state index in [1.165, 1.54) is 12.1 Å². The average Bonchev–Trinajstić information content (AvgIpc) is 2.59. The highest BCUT2D eigenvalue weighted by Gasteiger charge is 2.11. The first-order valence-electron chi connectivity index (χ1n) is 7.33. The van der Waals surface area contributed by atoms with Crippen LogP contribution in [-0.4, -0.2) is 16.1 Å². The van der Waals surface area contributed by atoms with Crippen molar-refractivity contribution in [2.75, 3.05) is 5.32 Å². The summed E-state index contributed by atoms with van der Waals surface area (Å²) < 4.78 is 0.649. The molecule has 3 N–H and O–H groups in total. The van der Waals surface area contributed by atoms with E-state index in [-0.39, 0.29) is 17.4 Å². The molecular weight excluding hydrogens is 406 g/mol. The van der Waals surface area contributed by atoms with Gasteiger partial charge in [0.1, 0.15) is 0 Å². The van der Waals surface area contributed by atoms with Crippen LogP contribution < -0.4 is 5.32 Å². The second-order valence-electron chi connectivity index (χ2n) is 5.33. The highest BCUT2D eigenvalue weighted by molar-refractivity contribution is 9.10. The molecule has 0 heterocycles. The van der Waals surface area contributed by atoms with E-state index >= 15 is 0 Å². The summed E-state index contributed by atoms with van der Waals surface area (Å²) in [7, 11) is 0. The van der Waals surface area contributed by atoms with Gasteiger partial charge in [0.15, 0.2) is 11.5 Å². The summed E-state index contributed by atoms with van der Waals surface area (Å²) in [6, 6.07) is 16.8. The van der Waals surface area contributed by atoms with Crippen molar-refractivity contribution in [3.63, 3.8) is 0 Å². The normalized spacial score (nSPS) is 10.5. The molecule has 0 saturated carbocycles. The van der Waals surface area contributed by atoms with E-state index in [1.54, 1.807) is 48.5 Å². The Morgan fingerprint density at radius 1 is 0.960 bits per heavy atom. The number of anilines is 1. The maximum absolute atomic E-state index is 12.3. The molecule has 0 radical (unpaired) electrons. The lowest BCUT2D eigenvalue weighted by molar-refractivity contribution is 0.102. The molecular formula is C19H13BrClNO3. The van der Waals surface area contributed by atoms with Gasteiger partial charge in [0.2, 0.25) is 0 Å². The molecule has 1 amide bonds. The smallest absolute Gasteiger partial charge is 0.257 e. The largest absolute Gasteiger partial charge is 0.504 e. The summed E-state index contributed by atoms with van der Waals surface area (Å²) in [6.07, 6.45) is 0. The number of halogens is 2. The molecule has 25 heavy (non-hydrogen) atoms. The van der Waals surface area contributed by atoms with E-state index in [0.29, 0.717) is 20.7 Å². The number of carbonyl (C=O) groups excluding carboxylic acids is 1. The first-order chi connectivity index (χ1) is 12.0. The van der Waals surface area contributed by atoms with Crippen LogP contribution in [0.15, 0.2) is 65.1 Å². The molecule has 0 aliphatic rings. The maximum Gasteiger partial charge on any atom is 0.257 e. The Balaban J connectivity index is 1.82. The maximum atomic E-state index is 12.3. The Morgan fingerprint density at radius 2 is 1.60 bits per heavy atom. The van der Waals surface area contributed by atoms with Crippen molar-refractivity contribution in [2.24, 2.45) is 0 Å². The van der Waals surface area contributed by atoms with Crippen molar-refractivity contribution < 1.29 is 15.0 Å². The summed E-state index contributed by atoms with van der Waals surface area (Å²) >= 11 is 9.39. The predicted octanol–water partition coefficient (Wildman–Crippen LogP) is 5.43. The SMILES string of the molecule is O=C(Nc1ccc(-c2cc(O)c(O)cc2Br)cc1)c1ccccc1Cl. The van der Waals surface area contributed by atoms with Gasteiger partial charge in [0.05, 0.1) is 10.6 Å². The highest BCUT2D eigenvalue weighted by atomic mass is 79.9. The molecule has 0 unspecified atom stereocenters. The third-order valence-corrected chi connectivity index (χ3v) is 4.62. The van der Waals surface area contributed by atoms with E-state index in [9.17, 15) is 15.0 Å². The Morgan fingerprint density at radius 3 is 2.28 bits per heavy atom. The Kier molecular flexibility index (Phi) is 4.97. The molecule has 3 rings (SSSR count). The second-order valence-corrected chi connectivity index (χ2v) is 6.59. The van der Waals surface area contributed by atoms with Crippen molar-refractivity contribution in [3.05, 3.63) is 75.7 Å². The number of hydrogen-bond donors (Lipinski definition) is 3. The van der Waals surface area contributed by atoms with E-state index in [2.05, 4.69) is 21.2 Å². The van der Waals surface area contributed by atoms with Gasteiger partial charge in [-0.1, -0.05) is 51.8 Å². The summed E-state index contributed by atoms with van der Waals surface area (Å²) in [6.45, 7) is 0. The Bertz CT molecular complexity index is 942. The molecule has 6 heteroatoms. The zero-order valence-electron chi connectivity index (χ0n) is 12.8. The minimum absolute atomic E-state index is 0.195. The van der Waals surface area contributed by atoms with Crippen LogP contribution in [0.4, 0.5) is 5.69 Å². The van der Waals surface area contributed by atoms with Gasteiger partial charge >= 0.3 is 0 Å². The summed E-state index contributed by atoms with van der Waals surface area (Å²) in [5.74, 6) is -0.685. The minimum Gasteiger partial charge on any atom is -0.504 e. The number of benzene rings is 3. The highest BCUT2D eigenvalue weighted by Crippen LogP contribution is 2.37. The molecule has 0 spiro atoms. The monoisotopic (exact) mass is 417 g/mol.